The van der Waals surface area contributed by atoms with Gasteiger partial charge in [0.15, 0.2) is 5.82 Å². The second kappa shape index (κ2) is 9.14. The SMILES string of the molecule is COc1ccc2cc(CN3CCc4nc(-c5ccc(C(F)(F)F)cc5)ncc4C3)c(OC)nc2c1. The van der Waals surface area contributed by atoms with Gasteiger partial charge in [-0.1, -0.05) is 12.1 Å². The molecule has 2 aromatic carbocycles. The fourth-order valence-electron chi connectivity index (χ4n) is 4.29. The molecule has 0 saturated carbocycles. The third-order valence-electron chi connectivity index (χ3n) is 6.13. The fourth-order valence-corrected chi connectivity index (χ4v) is 4.29. The van der Waals surface area contributed by atoms with E-state index in [9.17, 15) is 13.2 Å². The van der Waals surface area contributed by atoms with E-state index in [0.29, 0.717) is 36.8 Å². The molecule has 180 valence electrons. The van der Waals surface area contributed by atoms with Gasteiger partial charge in [-0.05, 0) is 30.3 Å². The first-order chi connectivity index (χ1) is 16.8. The zero-order valence-corrected chi connectivity index (χ0v) is 19.3. The van der Waals surface area contributed by atoms with Gasteiger partial charge in [0, 0.05) is 60.4 Å². The number of nitrogens with zero attached hydrogens (tertiary/aromatic N) is 4. The maximum atomic E-state index is 12.8. The number of hydrogen-bond donors (Lipinski definition) is 0. The van der Waals surface area contributed by atoms with Crippen molar-refractivity contribution in [2.24, 2.45) is 0 Å². The lowest BCUT2D eigenvalue weighted by Gasteiger charge is -2.28. The summed E-state index contributed by atoms with van der Waals surface area (Å²) in [5.74, 6) is 1.75. The molecule has 35 heavy (non-hydrogen) atoms. The predicted octanol–water partition coefficient (Wildman–Crippen LogP) is 5.29. The molecule has 0 radical (unpaired) electrons. The molecule has 0 fully saturated rings. The van der Waals surface area contributed by atoms with Gasteiger partial charge in [0.2, 0.25) is 5.88 Å². The number of halogens is 3. The van der Waals surface area contributed by atoms with Crippen molar-refractivity contribution < 1.29 is 22.6 Å². The van der Waals surface area contributed by atoms with E-state index in [1.807, 2.05) is 18.2 Å². The second-order valence-corrected chi connectivity index (χ2v) is 8.42. The molecule has 0 saturated heterocycles. The van der Waals surface area contributed by atoms with Crippen molar-refractivity contribution >= 4 is 10.9 Å². The molecule has 1 aliphatic heterocycles. The number of hydrogen-bond acceptors (Lipinski definition) is 6. The van der Waals surface area contributed by atoms with Gasteiger partial charge in [0.1, 0.15) is 5.75 Å². The van der Waals surface area contributed by atoms with Crippen molar-refractivity contribution in [2.45, 2.75) is 25.7 Å². The highest BCUT2D eigenvalue weighted by molar-refractivity contribution is 5.81. The van der Waals surface area contributed by atoms with Gasteiger partial charge in [0.05, 0.1) is 31.0 Å². The summed E-state index contributed by atoms with van der Waals surface area (Å²) < 4.78 is 49.4. The summed E-state index contributed by atoms with van der Waals surface area (Å²) >= 11 is 0. The van der Waals surface area contributed by atoms with Crippen LogP contribution in [0.3, 0.4) is 0 Å². The van der Waals surface area contributed by atoms with E-state index in [-0.39, 0.29) is 0 Å². The monoisotopic (exact) mass is 480 g/mol. The van der Waals surface area contributed by atoms with Crippen LogP contribution in [0.15, 0.2) is 54.7 Å². The summed E-state index contributed by atoms with van der Waals surface area (Å²) in [6.07, 6.45) is -1.88. The summed E-state index contributed by atoms with van der Waals surface area (Å²) in [6, 6.07) is 12.8. The molecule has 4 aromatic rings. The lowest BCUT2D eigenvalue weighted by Crippen LogP contribution is -2.31. The highest BCUT2D eigenvalue weighted by Gasteiger charge is 2.30. The van der Waals surface area contributed by atoms with E-state index in [2.05, 4.69) is 25.9 Å². The number of benzene rings is 2. The smallest absolute Gasteiger partial charge is 0.416 e. The number of aromatic nitrogens is 3. The maximum absolute atomic E-state index is 12.8. The number of ether oxygens (including phenoxy) is 2. The van der Waals surface area contributed by atoms with Gasteiger partial charge in [-0.25, -0.2) is 15.0 Å². The van der Waals surface area contributed by atoms with E-state index in [1.54, 1.807) is 20.4 Å². The normalized spacial score (nSPS) is 14.1. The number of pyridine rings is 1. The van der Waals surface area contributed by atoms with Crippen molar-refractivity contribution in [1.29, 1.82) is 0 Å². The molecular formula is C26H23F3N4O2. The van der Waals surface area contributed by atoms with Crippen LogP contribution >= 0.6 is 0 Å². The van der Waals surface area contributed by atoms with Gasteiger partial charge in [-0.2, -0.15) is 13.2 Å². The minimum absolute atomic E-state index is 0.432. The van der Waals surface area contributed by atoms with Crippen LogP contribution in [0.4, 0.5) is 13.2 Å². The van der Waals surface area contributed by atoms with Crippen LogP contribution in [0, 0.1) is 0 Å². The first kappa shape index (κ1) is 23.0. The third kappa shape index (κ3) is 4.77. The Morgan fingerprint density at radius 2 is 1.77 bits per heavy atom. The topological polar surface area (TPSA) is 60.4 Å². The average Bonchev–Trinajstić information content (AvgIpc) is 2.87. The Kier molecular flexibility index (Phi) is 6.02. The van der Waals surface area contributed by atoms with Crippen LogP contribution in [0.5, 0.6) is 11.6 Å². The third-order valence-corrected chi connectivity index (χ3v) is 6.13. The average molecular weight is 480 g/mol. The molecular weight excluding hydrogens is 457 g/mol. The highest BCUT2D eigenvalue weighted by atomic mass is 19.4. The summed E-state index contributed by atoms with van der Waals surface area (Å²) in [7, 11) is 3.23. The highest BCUT2D eigenvalue weighted by Crippen LogP contribution is 2.31. The molecule has 0 aliphatic carbocycles. The Bertz CT molecular complexity index is 1370. The summed E-state index contributed by atoms with van der Waals surface area (Å²) in [5, 5.41) is 1.00. The van der Waals surface area contributed by atoms with Crippen molar-refractivity contribution in [3.8, 4) is 23.0 Å². The Labute approximate surface area is 200 Å². The molecule has 0 spiro atoms. The minimum atomic E-state index is -4.37. The predicted molar refractivity (Wildman–Crippen MR) is 125 cm³/mol. The Balaban J connectivity index is 1.34. The van der Waals surface area contributed by atoms with Crippen LogP contribution in [-0.2, 0) is 25.7 Å². The molecule has 0 unspecified atom stereocenters. The van der Waals surface area contributed by atoms with Gasteiger partial charge < -0.3 is 9.47 Å². The summed E-state index contributed by atoms with van der Waals surface area (Å²) in [4.78, 5) is 16.0. The number of methoxy groups -OCH3 is 2. The molecule has 1 aliphatic rings. The van der Waals surface area contributed by atoms with Gasteiger partial charge in [-0.15, -0.1) is 0 Å². The lowest BCUT2D eigenvalue weighted by atomic mass is 10.0. The van der Waals surface area contributed by atoms with E-state index in [4.69, 9.17) is 9.47 Å². The molecule has 9 heteroatoms. The van der Waals surface area contributed by atoms with Crippen molar-refractivity contribution in [3.63, 3.8) is 0 Å². The standard InChI is InChI=1S/C26H23F3N4O2/c1-34-21-8-5-17-11-18(25(35-2)32-23(17)12-21)14-33-10-9-22-19(15-33)13-30-24(31-22)16-3-6-20(7-4-16)26(27,28)29/h3-8,11-13H,9-10,14-15H2,1-2H3. The Morgan fingerprint density at radius 1 is 0.971 bits per heavy atom. The van der Waals surface area contributed by atoms with E-state index in [0.717, 1.165) is 52.2 Å². The van der Waals surface area contributed by atoms with Gasteiger partial charge in [-0.3, -0.25) is 4.90 Å². The molecule has 6 nitrogen and oxygen atoms in total. The molecule has 2 aromatic heterocycles. The number of alkyl halides is 3. The van der Waals surface area contributed by atoms with Crippen LogP contribution in [-0.4, -0.2) is 40.6 Å². The summed E-state index contributed by atoms with van der Waals surface area (Å²) in [5.41, 5.74) is 3.58. The lowest BCUT2D eigenvalue weighted by molar-refractivity contribution is -0.137. The minimum Gasteiger partial charge on any atom is -0.497 e. The first-order valence-electron chi connectivity index (χ1n) is 11.1. The van der Waals surface area contributed by atoms with Crippen molar-refractivity contribution in [3.05, 3.63) is 77.1 Å². The second-order valence-electron chi connectivity index (χ2n) is 8.42. The van der Waals surface area contributed by atoms with Crippen molar-refractivity contribution in [2.75, 3.05) is 20.8 Å². The quantitative estimate of drug-likeness (QED) is 0.387. The van der Waals surface area contributed by atoms with E-state index >= 15 is 0 Å². The fraction of sp³-hybridized carbons (Fsp3) is 0.269. The van der Waals surface area contributed by atoms with Crippen molar-refractivity contribution in [1.82, 2.24) is 19.9 Å². The van der Waals surface area contributed by atoms with Crippen LogP contribution in [0.1, 0.15) is 22.4 Å². The molecule has 3 heterocycles. The van der Waals surface area contributed by atoms with E-state index in [1.165, 1.54) is 12.1 Å². The van der Waals surface area contributed by atoms with E-state index < -0.39 is 11.7 Å². The van der Waals surface area contributed by atoms with Gasteiger partial charge >= 0.3 is 6.18 Å². The maximum Gasteiger partial charge on any atom is 0.416 e. The largest absolute Gasteiger partial charge is 0.497 e. The summed E-state index contributed by atoms with van der Waals surface area (Å²) in [6.45, 7) is 2.09. The molecule has 5 rings (SSSR count). The van der Waals surface area contributed by atoms with Crippen LogP contribution in [0.2, 0.25) is 0 Å². The number of rotatable bonds is 5. The van der Waals surface area contributed by atoms with Crippen LogP contribution in [0.25, 0.3) is 22.3 Å². The van der Waals surface area contributed by atoms with Gasteiger partial charge in [0.25, 0.3) is 0 Å². The molecule has 0 N–H and O–H groups in total. The number of fused-ring (bicyclic) bond motifs is 2. The molecule has 0 atom stereocenters. The zero-order valence-electron chi connectivity index (χ0n) is 19.3. The molecule has 0 bridgehead atoms. The first-order valence-corrected chi connectivity index (χ1v) is 11.1. The Hall–Kier alpha value is -3.72. The zero-order chi connectivity index (χ0) is 24.6. The molecule has 0 amide bonds. The Morgan fingerprint density at radius 3 is 2.49 bits per heavy atom. The van der Waals surface area contributed by atoms with Crippen LogP contribution < -0.4 is 9.47 Å².